The maximum atomic E-state index is 13.7. The molecule has 3 heterocycles. The molecule has 1 amide bonds. The summed E-state index contributed by atoms with van der Waals surface area (Å²) in [6, 6.07) is 8.14. The fraction of sp³-hybridized carbons (Fsp3) is 0.515. The van der Waals surface area contributed by atoms with Crippen molar-refractivity contribution in [2.45, 2.75) is 44.6 Å². The Bertz CT molecular complexity index is 1500. The maximum Gasteiger partial charge on any atom is 0.416 e. The monoisotopic (exact) mass is 667 g/mol. The molecule has 256 valence electrons. The topological polar surface area (TPSA) is 73.4 Å². The molecule has 8 nitrogen and oxygen atoms in total. The van der Waals surface area contributed by atoms with Crippen molar-refractivity contribution < 1.29 is 40.7 Å². The molecule has 2 aliphatic rings. The number of carbonyl (C=O) groups is 1. The smallest absolute Gasteiger partial charge is 0.396 e. The molecule has 5 rings (SSSR count). The zero-order valence-electron chi connectivity index (χ0n) is 26.2. The van der Waals surface area contributed by atoms with Crippen molar-refractivity contribution in [1.29, 1.82) is 0 Å². The minimum atomic E-state index is -5.05. The van der Waals surface area contributed by atoms with Gasteiger partial charge in [-0.3, -0.25) is 14.6 Å². The Morgan fingerprint density at radius 3 is 2.36 bits per heavy atom. The summed E-state index contributed by atoms with van der Waals surface area (Å²) in [4.78, 5) is 28.3. The van der Waals surface area contributed by atoms with Gasteiger partial charge in [-0.2, -0.15) is 26.3 Å². The zero-order valence-corrected chi connectivity index (χ0v) is 26.2. The van der Waals surface area contributed by atoms with Crippen LogP contribution in [0.1, 0.15) is 46.8 Å². The molecule has 0 aliphatic carbocycles. The van der Waals surface area contributed by atoms with Gasteiger partial charge in [-0.25, -0.2) is 0 Å². The van der Waals surface area contributed by atoms with Crippen LogP contribution in [0.2, 0.25) is 0 Å². The molecule has 2 fully saturated rings. The molecular formula is C33H39F6N5O3. The summed E-state index contributed by atoms with van der Waals surface area (Å²) in [6.07, 6.45) is -6.48. The molecule has 1 N–H and O–H groups in total. The number of piperazine rings is 1. The van der Waals surface area contributed by atoms with Gasteiger partial charge in [-0.05, 0) is 49.6 Å². The predicted octanol–water partition coefficient (Wildman–Crippen LogP) is 6.08. The minimum Gasteiger partial charge on any atom is -0.396 e. The van der Waals surface area contributed by atoms with Crippen molar-refractivity contribution >= 4 is 22.5 Å². The van der Waals surface area contributed by atoms with Crippen LogP contribution in [-0.4, -0.2) is 103 Å². The third kappa shape index (κ3) is 9.26. The molecule has 2 saturated heterocycles. The highest BCUT2D eigenvalue weighted by Gasteiger charge is 2.39. The Morgan fingerprint density at radius 1 is 0.957 bits per heavy atom. The number of halogens is 6. The Morgan fingerprint density at radius 2 is 1.66 bits per heavy atom. The lowest BCUT2D eigenvalue weighted by atomic mass is 9.98. The molecule has 47 heavy (non-hydrogen) atoms. The van der Waals surface area contributed by atoms with Gasteiger partial charge in [0.1, 0.15) is 6.61 Å². The molecule has 14 heteroatoms. The summed E-state index contributed by atoms with van der Waals surface area (Å²) in [5.74, 6) is -0.866. The van der Waals surface area contributed by atoms with Crippen LogP contribution in [-0.2, 0) is 28.3 Å². The van der Waals surface area contributed by atoms with Crippen molar-refractivity contribution in [3.05, 3.63) is 70.9 Å². The number of para-hydroxylation sites is 1. The van der Waals surface area contributed by atoms with Gasteiger partial charge >= 0.3 is 12.4 Å². The van der Waals surface area contributed by atoms with Gasteiger partial charge in [0.25, 0.3) is 5.91 Å². The van der Waals surface area contributed by atoms with Crippen LogP contribution in [0.3, 0.4) is 0 Å². The molecular weight excluding hydrogens is 628 g/mol. The zero-order chi connectivity index (χ0) is 33.6. The van der Waals surface area contributed by atoms with E-state index in [1.807, 2.05) is 37.4 Å². The van der Waals surface area contributed by atoms with Gasteiger partial charge < -0.3 is 19.5 Å². The number of hydrogen-bond acceptors (Lipinski definition) is 6. The number of H-pyrrole nitrogens is 1. The average Bonchev–Trinajstić information content (AvgIpc) is 3.45. The number of rotatable bonds is 11. The molecule has 0 radical (unpaired) electrons. The number of amides is 1. The molecule has 0 unspecified atom stereocenters. The second kappa shape index (κ2) is 15.1. The van der Waals surface area contributed by atoms with E-state index in [1.165, 1.54) is 4.90 Å². The summed E-state index contributed by atoms with van der Waals surface area (Å²) >= 11 is 0. The standard InChI is InChI=1S/C33H39F6N5O3/c1-23(41-47-14-4-8-42-12-15-46-16-13-42)7-9-43-10-11-44(28(22-43)19-25-21-40-30-6-3-2-5-29(25)30)31(45)24-17-26(32(34,35)36)20-27(18-24)33(37,38)39/h2-3,5-6,17-18,20-21,28,40H,4,7-16,19,22H2,1H3/b41-23+/t28-/m1/s1. The second-order valence-electron chi connectivity index (χ2n) is 12.0. The Hall–Kier alpha value is -3.62. The van der Waals surface area contributed by atoms with Gasteiger partial charge in [-0.1, -0.05) is 23.4 Å². The van der Waals surface area contributed by atoms with Gasteiger partial charge in [-0.15, -0.1) is 0 Å². The number of hydrogen-bond donors (Lipinski definition) is 1. The van der Waals surface area contributed by atoms with Gasteiger partial charge in [0.15, 0.2) is 0 Å². The van der Waals surface area contributed by atoms with E-state index >= 15 is 0 Å². The maximum absolute atomic E-state index is 13.7. The number of morpholine rings is 1. The number of aromatic amines is 1. The van der Waals surface area contributed by atoms with E-state index in [0.717, 1.165) is 61.4 Å². The van der Waals surface area contributed by atoms with E-state index in [4.69, 9.17) is 9.57 Å². The summed E-state index contributed by atoms with van der Waals surface area (Å²) in [5.41, 5.74) is -1.09. The fourth-order valence-electron chi connectivity index (χ4n) is 6.06. The van der Waals surface area contributed by atoms with E-state index < -0.39 is 41.0 Å². The number of oxime groups is 1. The first-order valence-corrected chi connectivity index (χ1v) is 15.7. The number of ether oxygens (including phenoxy) is 1. The van der Waals surface area contributed by atoms with Crippen molar-refractivity contribution in [3.63, 3.8) is 0 Å². The van der Waals surface area contributed by atoms with Crippen LogP contribution in [0.15, 0.2) is 53.8 Å². The lowest BCUT2D eigenvalue weighted by Gasteiger charge is -2.42. The summed E-state index contributed by atoms with van der Waals surface area (Å²) < 4.78 is 86.9. The molecule has 2 aromatic carbocycles. The van der Waals surface area contributed by atoms with Crippen LogP contribution >= 0.6 is 0 Å². The SMILES string of the molecule is C/C(CCN1CCN(C(=O)c2cc(C(F)(F)F)cc(C(F)(F)F)c2)[C@H](Cc2c[nH]c3ccccc23)C1)=N\OCCCN1CCOCC1. The number of fused-ring (bicyclic) bond motifs is 1. The van der Waals surface area contributed by atoms with Crippen LogP contribution in [0.25, 0.3) is 10.9 Å². The second-order valence-corrected chi connectivity index (χ2v) is 12.0. The Balaban J connectivity index is 1.27. The molecule has 2 aliphatic heterocycles. The van der Waals surface area contributed by atoms with Gasteiger partial charge in [0, 0.05) is 80.9 Å². The molecule has 0 bridgehead atoms. The Labute approximate surface area is 269 Å². The summed E-state index contributed by atoms with van der Waals surface area (Å²) in [5, 5.41) is 5.17. The molecule has 0 spiro atoms. The van der Waals surface area contributed by atoms with E-state index in [2.05, 4.69) is 19.9 Å². The number of nitrogens with one attached hydrogen (secondary N) is 1. The van der Waals surface area contributed by atoms with Crippen molar-refractivity contribution in [3.8, 4) is 0 Å². The highest BCUT2D eigenvalue weighted by Crippen LogP contribution is 2.37. The van der Waals surface area contributed by atoms with Crippen LogP contribution in [0.5, 0.6) is 0 Å². The summed E-state index contributed by atoms with van der Waals surface area (Å²) in [7, 11) is 0. The summed E-state index contributed by atoms with van der Waals surface area (Å²) in [6.45, 7) is 8.10. The minimum absolute atomic E-state index is 0.0376. The first-order chi connectivity index (χ1) is 22.4. The van der Waals surface area contributed by atoms with E-state index in [0.29, 0.717) is 51.2 Å². The number of benzene rings is 2. The average molecular weight is 668 g/mol. The first-order valence-electron chi connectivity index (χ1n) is 15.7. The number of nitrogens with zero attached hydrogens (tertiary/aromatic N) is 4. The van der Waals surface area contributed by atoms with Crippen LogP contribution < -0.4 is 0 Å². The van der Waals surface area contributed by atoms with Crippen LogP contribution in [0.4, 0.5) is 26.3 Å². The lowest BCUT2D eigenvalue weighted by molar-refractivity contribution is -0.143. The van der Waals surface area contributed by atoms with E-state index in [1.54, 1.807) is 0 Å². The fourth-order valence-corrected chi connectivity index (χ4v) is 6.06. The normalized spacial score (nSPS) is 19.0. The Kier molecular flexibility index (Phi) is 11.1. The highest BCUT2D eigenvalue weighted by molar-refractivity contribution is 5.95. The molecule has 0 saturated carbocycles. The van der Waals surface area contributed by atoms with Crippen LogP contribution in [0, 0.1) is 0 Å². The quantitative estimate of drug-likeness (QED) is 0.116. The molecule has 3 aromatic rings. The van der Waals surface area contributed by atoms with Crippen molar-refractivity contribution in [1.82, 2.24) is 19.7 Å². The van der Waals surface area contributed by atoms with Crippen molar-refractivity contribution in [2.24, 2.45) is 5.16 Å². The largest absolute Gasteiger partial charge is 0.416 e. The number of alkyl halides is 6. The van der Waals surface area contributed by atoms with Crippen molar-refractivity contribution in [2.75, 3.05) is 65.6 Å². The highest BCUT2D eigenvalue weighted by atomic mass is 19.4. The number of carbonyl (C=O) groups excluding carboxylic acids is 1. The third-order valence-electron chi connectivity index (χ3n) is 8.62. The lowest BCUT2D eigenvalue weighted by Crippen LogP contribution is -2.56. The predicted molar refractivity (Wildman–Crippen MR) is 165 cm³/mol. The molecule has 1 atom stereocenters. The van der Waals surface area contributed by atoms with E-state index in [9.17, 15) is 31.1 Å². The van der Waals surface area contributed by atoms with E-state index in [-0.39, 0.29) is 12.6 Å². The molecule has 1 aromatic heterocycles. The van der Waals surface area contributed by atoms with Gasteiger partial charge in [0.2, 0.25) is 0 Å². The number of aromatic nitrogens is 1. The first kappa shape index (κ1) is 34.7. The van der Waals surface area contributed by atoms with Gasteiger partial charge in [0.05, 0.1) is 30.1 Å². The third-order valence-corrected chi connectivity index (χ3v) is 8.62.